The standard InChI is InChI=1S/C18H23N3O2/c1-18(2,3)23-17(22)21-10-8-15(12-21)20-14-7-6-13-5-4-9-19-16(13)11-14/h4-7,9,11,15,20H,8,10,12H2,1-3H3/t15-/m0/s1. The first-order chi connectivity index (χ1) is 10.9. The van der Waals surface area contributed by atoms with Gasteiger partial charge in [-0.2, -0.15) is 0 Å². The monoisotopic (exact) mass is 313 g/mol. The van der Waals surface area contributed by atoms with Crippen LogP contribution in [0.15, 0.2) is 36.5 Å². The van der Waals surface area contributed by atoms with E-state index in [2.05, 4.69) is 22.4 Å². The predicted molar refractivity (Wildman–Crippen MR) is 91.6 cm³/mol. The van der Waals surface area contributed by atoms with Gasteiger partial charge in [0.05, 0.1) is 5.52 Å². The van der Waals surface area contributed by atoms with E-state index in [1.807, 2.05) is 39.0 Å². The first-order valence-corrected chi connectivity index (χ1v) is 8.00. The molecule has 5 heteroatoms. The number of aromatic nitrogens is 1. The number of benzene rings is 1. The maximum Gasteiger partial charge on any atom is 0.410 e. The Morgan fingerprint density at radius 2 is 2.17 bits per heavy atom. The van der Waals surface area contributed by atoms with Crippen LogP contribution in [0.25, 0.3) is 10.9 Å². The fourth-order valence-corrected chi connectivity index (χ4v) is 2.76. The highest BCUT2D eigenvalue weighted by atomic mass is 16.6. The molecule has 1 N–H and O–H groups in total. The molecular formula is C18H23N3O2. The van der Waals surface area contributed by atoms with Crippen molar-refractivity contribution in [1.29, 1.82) is 0 Å². The third-order valence-corrected chi connectivity index (χ3v) is 3.82. The number of rotatable bonds is 2. The van der Waals surface area contributed by atoms with Gasteiger partial charge in [-0.25, -0.2) is 4.79 Å². The Morgan fingerprint density at radius 3 is 2.96 bits per heavy atom. The fourth-order valence-electron chi connectivity index (χ4n) is 2.76. The summed E-state index contributed by atoms with van der Waals surface area (Å²) in [6, 6.07) is 10.4. The number of pyridine rings is 1. The van der Waals surface area contributed by atoms with Crippen molar-refractivity contribution in [3.05, 3.63) is 36.5 Å². The average Bonchev–Trinajstić information content (AvgIpc) is 2.94. The van der Waals surface area contributed by atoms with Crippen LogP contribution in [-0.4, -0.2) is 40.7 Å². The average molecular weight is 313 g/mol. The van der Waals surface area contributed by atoms with Gasteiger partial charge in [0.1, 0.15) is 5.60 Å². The highest BCUT2D eigenvalue weighted by Crippen LogP contribution is 2.21. The smallest absolute Gasteiger partial charge is 0.410 e. The summed E-state index contributed by atoms with van der Waals surface area (Å²) in [6.45, 7) is 7.05. The van der Waals surface area contributed by atoms with Crippen LogP contribution in [0.1, 0.15) is 27.2 Å². The summed E-state index contributed by atoms with van der Waals surface area (Å²) in [5.41, 5.74) is 1.55. The van der Waals surface area contributed by atoms with Crippen molar-refractivity contribution >= 4 is 22.7 Å². The molecular weight excluding hydrogens is 290 g/mol. The summed E-state index contributed by atoms with van der Waals surface area (Å²) in [5, 5.41) is 4.62. The quantitative estimate of drug-likeness (QED) is 0.919. The molecule has 0 spiro atoms. The maximum absolute atomic E-state index is 12.1. The van der Waals surface area contributed by atoms with Crippen molar-refractivity contribution in [2.75, 3.05) is 18.4 Å². The molecule has 122 valence electrons. The van der Waals surface area contributed by atoms with E-state index in [1.54, 1.807) is 11.1 Å². The Hall–Kier alpha value is -2.30. The molecule has 3 rings (SSSR count). The lowest BCUT2D eigenvalue weighted by molar-refractivity contribution is 0.0293. The second kappa shape index (κ2) is 6.07. The number of nitrogens with one attached hydrogen (secondary N) is 1. The van der Waals surface area contributed by atoms with Crippen LogP contribution >= 0.6 is 0 Å². The molecule has 5 nitrogen and oxygen atoms in total. The molecule has 1 aliphatic rings. The number of carbonyl (C=O) groups excluding carboxylic acids is 1. The lowest BCUT2D eigenvalue weighted by Crippen LogP contribution is -2.36. The highest BCUT2D eigenvalue weighted by molar-refractivity contribution is 5.82. The summed E-state index contributed by atoms with van der Waals surface area (Å²) in [5.74, 6) is 0. The van der Waals surface area contributed by atoms with Crippen molar-refractivity contribution in [3.63, 3.8) is 0 Å². The summed E-state index contributed by atoms with van der Waals surface area (Å²) >= 11 is 0. The van der Waals surface area contributed by atoms with E-state index >= 15 is 0 Å². The van der Waals surface area contributed by atoms with Gasteiger partial charge in [0, 0.05) is 36.4 Å². The lowest BCUT2D eigenvalue weighted by Gasteiger charge is -2.24. The molecule has 1 saturated heterocycles. The first kappa shape index (κ1) is 15.6. The molecule has 1 amide bonds. The third kappa shape index (κ3) is 3.92. The number of hydrogen-bond acceptors (Lipinski definition) is 4. The van der Waals surface area contributed by atoms with Gasteiger partial charge >= 0.3 is 6.09 Å². The van der Waals surface area contributed by atoms with Crippen LogP contribution in [0.3, 0.4) is 0 Å². The van der Waals surface area contributed by atoms with Gasteiger partial charge in [-0.15, -0.1) is 0 Å². The van der Waals surface area contributed by atoms with Gasteiger partial charge < -0.3 is 15.0 Å². The van der Waals surface area contributed by atoms with Gasteiger partial charge in [0.2, 0.25) is 0 Å². The fraction of sp³-hybridized carbons (Fsp3) is 0.444. The number of nitrogens with zero attached hydrogens (tertiary/aromatic N) is 2. The second-order valence-electron chi connectivity index (χ2n) is 6.97. The zero-order valence-corrected chi connectivity index (χ0v) is 13.9. The summed E-state index contributed by atoms with van der Waals surface area (Å²) < 4.78 is 5.43. The Balaban J connectivity index is 1.61. The van der Waals surface area contributed by atoms with Crippen LogP contribution < -0.4 is 5.32 Å². The van der Waals surface area contributed by atoms with Gasteiger partial charge in [0.15, 0.2) is 0 Å². The SMILES string of the molecule is CC(C)(C)OC(=O)N1CC[C@H](Nc2ccc3cccnc3c2)C1. The molecule has 1 aliphatic heterocycles. The molecule has 0 aliphatic carbocycles. The van der Waals surface area contributed by atoms with E-state index in [4.69, 9.17) is 4.74 Å². The second-order valence-corrected chi connectivity index (χ2v) is 6.97. The van der Waals surface area contributed by atoms with Crippen LogP contribution in [-0.2, 0) is 4.74 Å². The number of anilines is 1. The van der Waals surface area contributed by atoms with Crippen molar-refractivity contribution in [3.8, 4) is 0 Å². The van der Waals surface area contributed by atoms with Gasteiger partial charge in [-0.1, -0.05) is 12.1 Å². The summed E-state index contributed by atoms with van der Waals surface area (Å²) in [7, 11) is 0. The van der Waals surface area contributed by atoms with Crippen LogP contribution in [0.5, 0.6) is 0 Å². The Morgan fingerprint density at radius 1 is 1.35 bits per heavy atom. The zero-order chi connectivity index (χ0) is 16.4. The Kier molecular flexibility index (Phi) is 4.11. The minimum Gasteiger partial charge on any atom is -0.444 e. The van der Waals surface area contributed by atoms with E-state index in [9.17, 15) is 4.79 Å². The van der Waals surface area contributed by atoms with E-state index in [0.717, 1.165) is 29.6 Å². The van der Waals surface area contributed by atoms with Crippen LogP contribution in [0.2, 0.25) is 0 Å². The van der Waals surface area contributed by atoms with Crippen LogP contribution in [0, 0.1) is 0 Å². The van der Waals surface area contributed by atoms with Crippen molar-refractivity contribution in [2.24, 2.45) is 0 Å². The maximum atomic E-state index is 12.1. The third-order valence-electron chi connectivity index (χ3n) is 3.82. The molecule has 1 fully saturated rings. The molecule has 2 aromatic rings. The number of ether oxygens (including phenoxy) is 1. The van der Waals surface area contributed by atoms with Gasteiger partial charge in [-0.05, 0) is 45.4 Å². The van der Waals surface area contributed by atoms with Crippen LogP contribution in [0.4, 0.5) is 10.5 Å². The van der Waals surface area contributed by atoms with Gasteiger partial charge in [0.25, 0.3) is 0 Å². The molecule has 1 atom stereocenters. The molecule has 0 saturated carbocycles. The van der Waals surface area contributed by atoms with Crippen molar-refractivity contribution in [1.82, 2.24) is 9.88 Å². The largest absolute Gasteiger partial charge is 0.444 e. The topological polar surface area (TPSA) is 54.5 Å². The number of carbonyl (C=O) groups is 1. The molecule has 2 heterocycles. The van der Waals surface area contributed by atoms with Gasteiger partial charge in [-0.3, -0.25) is 4.98 Å². The van der Waals surface area contributed by atoms with Crippen molar-refractivity contribution in [2.45, 2.75) is 38.8 Å². The predicted octanol–water partition coefficient (Wildman–Crippen LogP) is 3.66. The van der Waals surface area contributed by atoms with E-state index in [1.165, 1.54) is 0 Å². The summed E-state index contributed by atoms with van der Waals surface area (Å²) in [6.07, 6.45) is 2.48. The minimum absolute atomic E-state index is 0.234. The lowest BCUT2D eigenvalue weighted by atomic mass is 10.2. The minimum atomic E-state index is -0.452. The number of likely N-dealkylation sites (tertiary alicyclic amines) is 1. The molecule has 0 bridgehead atoms. The number of amides is 1. The molecule has 0 unspecified atom stereocenters. The molecule has 0 radical (unpaired) electrons. The molecule has 1 aromatic carbocycles. The number of fused-ring (bicyclic) bond motifs is 1. The normalized spacial score (nSPS) is 18.2. The Bertz CT molecular complexity index is 709. The first-order valence-electron chi connectivity index (χ1n) is 8.00. The molecule has 23 heavy (non-hydrogen) atoms. The van der Waals surface area contributed by atoms with E-state index < -0.39 is 5.60 Å². The highest BCUT2D eigenvalue weighted by Gasteiger charge is 2.29. The van der Waals surface area contributed by atoms with E-state index in [-0.39, 0.29) is 12.1 Å². The zero-order valence-electron chi connectivity index (χ0n) is 13.9. The Labute approximate surface area is 136 Å². The summed E-state index contributed by atoms with van der Waals surface area (Å²) in [4.78, 5) is 18.2. The van der Waals surface area contributed by atoms with Crippen molar-refractivity contribution < 1.29 is 9.53 Å². The van der Waals surface area contributed by atoms with E-state index in [0.29, 0.717) is 6.54 Å². The molecule has 1 aromatic heterocycles. The number of hydrogen-bond donors (Lipinski definition) is 1.